The molecule has 0 bridgehead atoms. The first-order valence-electron chi connectivity index (χ1n) is 6.61. The van der Waals surface area contributed by atoms with Crippen molar-refractivity contribution in [2.45, 2.75) is 72.8 Å². The highest BCUT2D eigenvalue weighted by Crippen LogP contribution is 2.24. The fourth-order valence-electron chi connectivity index (χ4n) is 1.63. The molecule has 0 rings (SSSR count). The van der Waals surface area contributed by atoms with Gasteiger partial charge in [-0.15, -0.1) is 0 Å². The van der Waals surface area contributed by atoms with Gasteiger partial charge in [0.1, 0.15) is 0 Å². The van der Waals surface area contributed by atoms with Gasteiger partial charge in [-0.3, -0.25) is 0 Å². The molecule has 0 aliphatic heterocycles. The quantitative estimate of drug-likeness (QED) is 0.762. The summed E-state index contributed by atoms with van der Waals surface area (Å²) < 4.78 is 5.02. The largest absolute Gasteiger partial charge is 0.450 e. The van der Waals surface area contributed by atoms with Gasteiger partial charge in [0, 0.05) is 5.54 Å². The van der Waals surface area contributed by atoms with Crippen LogP contribution in [0.4, 0.5) is 4.79 Å². The Hall–Kier alpha value is -0.730. The van der Waals surface area contributed by atoms with Crippen molar-refractivity contribution in [2.24, 2.45) is 5.41 Å². The SMILES string of the molecule is CCCOC(=O)NC(C)(C)CCCC(C)(C)C. The Morgan fingerprint density at radius 1 is 1.12 bits per heavy atom. The molecule has 1 N–H and O–H groups in total. The molecule has 102 valence electrons. The summed E-state index contributed by atoms with van der Waals surface area (Å²) in [5.41, 5.74) is 0.175. The number of carbonyl (C=O) groups is 1. The van der Waals surface area contributed by atoms with Crippen LogP contribution >= 0.6 is 0 Å². The molecule has 0 aromatic rings. The molecular weight excluding hydrogens is 214 g/mol. The van der Waals surface area contributed by atoms with E-state index in [-0.39, 0.29) is 11.6 Å². The van der Waals surface area contributed by atoms with Crippen LogP contribution in [0.25, 0.3) is 0 Å². The molecule has 0 saturated carbocycles. The second-order valence-corrected chi connectivity index (χ2v) is 6.56. The van der Waals surface area contributed by atoms with Crippen LogP contribution in [0.3, 0.4) is 0 Å². The topological polar surface area (TPSA) is 38.3 Å². The van der Waals surface area contributed by atoms with E-state index in [2.05, 4.69) is 26.1 Å². The van der Waals surface area contributed by atoms with Crippen molar-refractivity contribution >= 4 is 6.09 Å². The van der Waals surface area contributed by atoms with Gasteiger partial charge < -0.3 is 10.1 Å². The van der Waals surface area contributed by atoms with Gasteiger partial charge in [0.15, 0.2) is 0 Å². The third kappa shape index (κ3) is 10.2. The zero-order chi connectivity index (χ0) is 13.5. The van der Waals surface area contributed by atoms with Gasteiger partial charge in [-0.25, -0.2) is 4.79 Å². The lowest BCUT2D eigenvalue weighted by Crippen LogP contribution is -2.43. The molecule has 0 aliphatic rings. The van der Waals surface area contributed by atoms with Crippen LogP contribution in [0.2, 0.25) is 0 Å². The normalized spacial score (nSPS) is 12.4. The van der Waals surface area contributed by atoms with Gasteiger partial charge in [0.2, 0.25) is 0 Å². The highest BCUT2D eigenvalue weighted by molar-refractivity contribution is 5.68. The van der Waals surface area contributed by atoms with Crippen molar-refractivity contribution < 1.29 is 9.53 Å². The minimum Gasteiger partial charge on any atom is -0.450 e. The van der Waals surface area contributed by atoms with Crippen molar-refractivity contribution in [3.05, 3.63) is 0 Å². The Morgan fingerprint density at radius 2 is 1.71 bits per heavy atom. The highest BCUT2D eigenvalue weighted by atomic mass is 16.5. The zero-order valence-corrected chi connectivity index (χ0v) is 12.4. The fourth-order valence-corrected chi connectivity index (χ4v) is 1.63. The van der Waals surface area contributed by atoms with Crippen molar-refractivity contribution in [3.63, 3.8) is 0 Å². The average Bonchev–Trinajstić information content (AvgIpc) is 2.11. The molecule has 0 radical (unpaired) electrons. The molecule has 1 amide bonds. The Bertz CT molecular complexity index is 229. The maximum absolute atomic E-state index is 11.4. The van der Waals surface area contributed by atoms with E-state index in [1.807, 2.05) is 20.8 Å². The monoisotopic (exact) mass is 243 g/mol. The third-order valence-electron chi connectivity index (χ3n) is 2.61. The molecule has 3 heteroatoms. The van der Waals surface area contributed by atoms with Crippen molar-refractivity contribution in [3.8, 4) is 0 Å². The van der Waals surface area contributed by atoms with Gasteiger partial charge in [0.05, 0.1) is 6.61 Å². The lowest BCUT2D eigenvalue weighted by atomic mass is 9.86. The summed E-state index contributed by atoms with van der Waals surface area (Å²) >= 11 is 0. The highest BCUT2D eigenvalue weighted by Gasteiger charge is 2.21. The Morgan fingerprint density at radius 3 is 2.18 bits per heavy atom. The number of amides is 1. The third-order valence-corrected chi connectivity index (χ3v) is 2.61. The molecule has 0 atom stereocenters. The average molecular weight is 243 g/mol. The molecule has 0 saturated heterocycles. The first kappa shape index (κ1) is 16.3. The van der Waals surface area contributed by atoms with E-state index in [0.29, 0.717) is 12.0 Å². The van der Waals surface area contributed by atoms with Crippen LogP contribution in [-0.2, 0) is 4.74 Å². The smallest absolute Gasteiger partial charge is 0.407 e. The molecule has 17 heavy (non-hydrogen) atoms. The first-order valence-corrected chi connectivity index (χ1v) is 6.61. The fraction of sp³-hybridized carbons (Fsp3) is 0.929. The van der Waals surface area contributed by atoms with Gasteiger partial charge in [0.25, 0.3) is 0 Å². The lowest BCUT2D eigenvalue weighted by Gasteiger charge is -2.27. The predicted molar refractivity (Wildman–Crippen MR) is 72.2 cm³/mol. The van der Waals surface area contributed by atoms with Crippen molar-refractivity contribution in [1.29, 1.82) is 0 Å². The van der Waals surface area contributed by atoms with Crippen molar-refractivity contribution in [1.82, 2.24) is 5.32 Å². The number of carbonyl (C=O) groups excluding carboxylic acids is 1. The molecular formula is C14H29NO2. The van der Waals surface area contributed by atoms with E-state index in [0.717, 1.165) is 19.3 Å². The maximum atomic E-state index is 11.4. The summed E-state index contributed by atoms with van der Waals surface area (Å²) in [5, 5.41) is 2.92. The minimum atomic E-state index is -0.299. The molecule has 0 spiro atoms. The number of alkyl carbamates (subject to hydrolysis) is 1. The maximum Gasteiger partial charge on any atom is 0.407 e. The zero-order valence-electron chi connectivity index (χ0n) is 12.4. The van der Waals surface area contributed by atoms with Gasteiger partial charge in [-0.1, -0.05) is 34.1 Å². The van der Waals surface area contributed by atoms with Crippen LogP contribution in [0.1, 0.15) is 67.2 Å². The van der Waals surface area contributed by atoms with Gasteiger partial charge in [-0.2, -0.15) is 0 Å². The Balaban J connectivity index is 3.90. The predicted octanol–water partition coefficient (Wildman–Crippen LogP) is 4.12. The van der Waals surface area contributed by atoms with Crippen LogP contribution in [0.15, 0.2) is 0 Å². The van der Waals surface area contributed by atoms with E-state index < -0.39 is 0 Å². The summed E-state index contributed by atoms with van der Waals surface area (Å²) in [6, 6.07) is 0. The van der Waals surface area contributed by atoms with E-state index in [9.17, 15) is 4.79 Å². The molecule has 3 nitrogen and oxygen atoms in total. The van der Waals surface area contributed by atoms with Crippen LogP contribution in [0.5, 0.6) is 0 Å². The minimum absolute atomic E-state index is 0.184. The standard InChI is InChI=1S/C14H29NO2/c1-7-11-17-12(16)15-14(5,6)10-8-9-13(2,3)4/h7-11H2,1-6H3,(H,15,16). The molecule has 0 unspecified atom stereocenters. The van der Waals surface area contributed by atoms with Crippen molar-refractivity contribution in [2.75, 3.05) is 6.61 Å². The summed E-state index contributed by atoms with van der Waals surface area (Å²) in [7, 11) is 0. The van der Waals surface area contributed by atoms with E-state index in [1.54, 1.807) is 0 Å². The number of ether oxygens (including phenoxy) is 1. The van der Waals surface area contributed by atoms with Gasteiger partial charge in [-0.05, 0) is 38.5 Å². The molecule has 0 fully saturated rings. The summed E-state index contributed by atoms with van der Waals surface area (Å²) in [4.78, 5) is 11.4. The van der Waals surface area contributed by atoms with E-state index in [1.165, 1.54) is 6.42 Å². The number of hydrogen-bond donors (Lipinski definition) is 1. The van der Waals surface area contributed by atoms with Crippen LogP contribution in [0, 0.1) is 5.41 Å². The number of rotatable bonds is 6. The molecule has 0 aliphatic carbocycles. The van der Waals surface area contributed by atoms with Gasteiger partial charge >= 0.3 is 6.09 Å². The van der Waals surface area contributed by atoms with E-state index in [4.69, 9.17) is 4.74 Å². The Kier molecular flexibility index (Phi) is 6.58. The lowest BCUT2D eigenvalue weighted by molar-refractivity contribution is 0.134. The molecule has 0 heterocycles. The summed E-state index contributed by atoms with van der Waals surface area (Å²) in [5.74, 6) is 0. The number of nitrogens with one attached hydrogen (secondary N) is 1. The second kappa shape index (κ2) is 6.87. The second-order valence-electron chi connectivity index (χ2n) is 6.56. The van der Waals surface area contributed by atoms with E-state index >= 15 is 0 Å². The Labute approximate surface area is 106 Å². The number of hydrogen-bond acceptors (Lipinski definition) is 2. The summed E-state index contributed by atoms with van der Waals surface area (Å²) in [6.45, 7) is 13.3. The molecule has 0 aromatic carbocycles. The summed E-state index contributed by atoms with van der Waals surface area (Å²) in [6.07, 6.45) is 3.82. The molecule has 0 aromatic heterocycles. The van der Waals surface area contributed by atoms with Crippen LogP contribution < -0.4 is 5.32 Å². The van der Waals surface area contributed by atoms with Crippen LogP contribution in [-0.4, -0.2) is 18.2 Å². The first-order chi connectivity index (χ1) is 7.66.